The molecule has 2 aromatic rings. The fourth-order valence-corrected chi connectivity index (χ4v) is 3.75. The van der Waals surface area contributed by atoms with Gasteiger partial charge in [-0.25, -0.2) is 4.98 Å². The van der Waals surface area contributed by atoms with Gasteiger partial charge in [0, 0.05) is 38.1 Å². The molecule has 0 atom stereocenters. The van der Waals surface area contributed by atoms with Gasteiger partial charge in [-0.1, -0.05) is 12.1 Å². The summed E-state index contributed by atoms with van der Waals surface area (Å²) < 4.78 is 44.3. The Labute approximate surface area is 165 Å². The van der Waals surface area contributed by atoms with Crippen molar-refractivity contribution in [1.82, 2.24) is 14.8 Å². The molecule has 28 heavy (non-hydrogen) atoms. The van der Waals surface area contributed by atoms with Crippen LogP contribution in [0.15, 0.2) is 29.6 Å². The van der Waals surface area contributed by atoms with Crippen LogP contribution in [0, 0.1) is 6.92 Å². The number of halogens is 3. The van der Waals surface area contributed by atoms with Crippen LogP contribution in [0.25, 0.3) is 0 Å². The highest BCUT2D eigenvalue weighted by atomic mass is 32.1. The average molecular weight is 413 g/mol. The topological polar surface area (TPSA) is 45.7 Å². The Morgan fingerprint density at radius 1 is 1.21 bits per heavy atom. The van der Waals surface area contributed by atoms with Crippen LogP contribution in [0.1, 0.15) is 22.7 Å². The average Bonchev–Trinajstić information content (AvgIpc) is 2.91. The van der Waals surface area contributed by atoms with Crippen molar-refractivity contribution >= 4 is 17.2 Å². The Balaban J connectivity index is 1.53. The Hall–Kier alpha value is -2.13. The van der Waals surface area contributed by atoms with Crippen molar-refractivity contribution in [2.75, 3.05) is 32.8 Å². The molecule has 0 aliphatic carbocycles. The molecule has 1 aliphatic rings. The van der Waals surface area contributed by atoms with Crippen LogP contribution >= 0.6 is 11.3 Å². The van der Waals surface area contributed by atoms with Gasteiger partial charge in [0.05, 0.1) is 16.3 Å². The number of aryl methyl sites for hydroxylation is 1. The van der Waals surface area contributed by atoms with E-state index in [9.17, 15) is 18.0 Å². The van der Waals surface area contributed by atoms with Crippen molar-refractivity contribution in [3.05, 3.63) is 45.9 Å². The number of benzene rings is 1. The van der Waals surface area contributed by atoms with Crippen molar-refractivity contribution in [3.63, 3.8) is 0 Å². The summed E-state index contributed by atoms with van der Waals surface area (Å²) in [5.41, 5.74) is 0.151. The quantitative estimate of drug-likeness (QED) is 0.752. The summed E-state index contributed by atoms with van der Waals surface area (Å²) in [6, 6.07) is 4.93. The molecule has 0 bridgehead atoms. The maximum absolute atomic E-state index is 13.0. The number of hydrogen-bond acceptors (Lipinski definition) is 5. The fourth-order valence-electron chi connectivity index (χ4n) is 3.15. The number of nitrogens with zero attached hydrogens (tertiary/aromatic N) is 3. The number of ether oxygens (including phenoxy) is 1. The molecular formula is C19H22F3N3O2S. The predicted molar refractivity (Wildman–Crippen MR) is 100 cm³/mol. The number of thiazole rings is 1. The van der Waals surface area contributed by atoms with Gasteiger partial charge in [-0.2, -0.15) is 13.2 Å². The van der Waals surface area contributed by atoms with Gasteiger partial charge in [-0.05, 0) is 25.5 Å². The summed E-state index contributed by atoms with van der Waals surface area (Å²) in [7, 11) is 0. The van der Waals surface area contributed by atoms with E-state index in [1.807, 2.05) is 12.3 Å². The summed E-state index contributed by atoms with van der Waals surface area (Å²) in [4.78, 5) is 20.8. The maximum atomic E-state index is 13.0. The first-order valence-electron chi connectivity index (χ1n) is 9.03. The largest absolute Gasteiger partial charge is 0.483 e. The van der Waals surface area contributed by atoms with E-state index < -0.39 is 18.3 Å². The third kappa shape index (κ3) is 5.45. The van der Waals surface area contributed by atoms with E-state index >= 15 is 0 Å². The minimum atomic E-state index is -4.52. The number of carbonyl (C=O) groups is 1. The van der Waals surface area contributed by atoms with E-state index in [4.69, 9.17) is 4.74 Å². The number of aromatic nitrogens is 1. The Kier molecular flexibility index (Phi) is 6.56. The standard InChI is InChI=1S/C19H22F3N3O2S/c1-14-23-15(13-28-14)11-24-7-4-8-25(10-9-24)18(26)12-27-17-6-3-2-5-16(17)19(20,21)22/h2-3,5-6,13H,4,7-12H2,1H3. The third-order valence-corrected chi connectivity index (χ3v) is 5.36. The smallest absolute Gasteiger partial charge is 0.419 e. The summed E-state index contributed by atoms with van der Waals surface area (Å²) in [6.07, 6.45) is -3.72. The zero-order valence-electron chi connectivity index (χ0n) is 15.5. The van der Waals surface area contributed by atoms with Gasteiger partial charge in [0.25, 0.3) is 5.91 Å². The van der Waals surface area contributed by atoms with Crippen LogP contribution < -0.4 is 4.74 Å². The van der Waals surface area contributed by atoms with Crippen molar-refractivity contribution in [3.8, 4) is 5.75 Å². The van der Waals surface area contributed by atoms with Gasteiger partial charge in [-0.3, -0.25) is 9.69 Å². The SMILES string of the molecule is Cc1nc(CN2CCCN(C(=O)COc3ccccc3C(F)(F)F)CC2)cs1. The highest BCUT2D eigenvalue weighted by Gasteiger charge is 2.34. The molecule has 0 radical (unpaired) electrons. The maximum Gasteiger partial charge on any atom is 0.419 e. The van der Waals surface area contributed by atoms with Crippen molar-refractivity contribution in [1.29, 1.82) is 0 Å². The van der Waals surface area contributed by atoms with Gasteiger partial charge < -0.3 is 9.64 Å². The lowest BCUT2D eigenvalue weighted by atomic mass is 10.2. The molecule has 1 fully saturated rings. The fraction of sp³-hybridized carbons (Fsp3) is 0.474. The molecule has 0 spiro atoms. The molecule has 1 aromatic carbocycles. The molecule has 1 aliphatic heterocycles. The molecular weight excluding hydrogens is 391 g/mol. The van der Waals surface area contributed by atoms with Crippen molar-refractivity contribution in [2.24, 2.45) is 0 Å². The minimum absolute atomic E-state index is 0.302. The first-order valence-corrected chi connectivity index (χ1v) is 9.91. The van der Waals surface area contributed by atoms with E-state index in [1.54, 1.807) is 16.2 Å². The summed E-state index contributed by atoms with van der Waals surface area (Å²) in [5, 5.41) is 3.06. The van der Waals surface area contributed by atoms with Crippen molar-refractivity contribution < 1.29 is 22.7 Å². The van der Waals surface area contributed by atoms with Crippen LogP contribution in [0.3, 0.4) is 0 Å². The molecule has 9 heteroatoms. The number of rotatable bonds is 5. The zero-order valence-corrected chi connectivity index (χ0v) is 16.4. The molecule has 0 N–H and O–H groups in total. The van der Waals surface area contributed by atoms with Gasteiger partial charge in [0.2, 0.25) is 0 Å². The van der Waals surface area contributed by atoms with E-state index in [2.05, 4.69) is 9.88 Å². The lowest BCUT2D eigenvalue weighted by Crippen LogP contribution is -2.38. The first kappa shape index (κ1) is 20.6. The van der Waals surface area contributed by atoms with Gasteiger partial charge >= 0.3 is 6.18 Å². The lowest BCUT2D eigenvalue weighted by molar-refractivity contribution is -0.141. The first-order chi connectivity index (χ1) is 13.3. The van der Waals surface area contributed by atoms with E-state index in [0.29, 0.717) is 19.6 Å². The van der Waals surface area contributed by atoms with Crippen LogP contribution in [0.4, 0.5) is 13.2 Å². The monoisotopic (exact) mass is 413 g/mol. The second kappa shape index (κ2) is 8.91. The lowest BCUT2D eigenvalue weighted by Gasteiger charge is -2.22. The number of para-hydroxylation sites is 1. The molecule has 5 nitrogen and oxygen atoms in total. The highest BCUT2D eigenvalue weighted by Crippen LogP contribution is 2.35. The van der Waals surface area contributed by atoms with E-state index in [1.165, 1.54) is 18.2 Å². The van der Waals surface area contributed by atoms with E-state index in [-0.39, 0.29) is 11.7 Å². The summed E-state index contributed by atoms with van der Waals surface area (Å²) in [5.74, 6) is -0.623. The van der Waals surface area contributed by atoms with Gasteiger partial charge in [0.15, 0.2) is 6.61 Å². The van der Waals surface area contributed by atoms with Crippen LogP contribution in [0.5, 0.6) is 5.75 Å². The molecule has 1 saturated heterocycles. The Morgan fingerprint density at radius 2 is 2.00 bits per heavy atom. The molecule has 1 amide bonds. The predicted octanol–water partition coefficient (Wildman–Crippen LogP) is 3.58. The molecule has 152 valence electrons. The number of alkyl halides is 3. The Bertz CT molecular complexity index is 810. The van der Waals surface area contributed by atoms with Crippen LogP contribution in [-0.4, -0.2) is 53.5 Å². The molecule has 3 rings (SSSR count). The molecule has 1 aromatic heterocycles. The van der Waals surface area contributed by atoms with Gasteiger partial charge in [0.1, 0.15) is 5.75 Å². The Morgan fingerprint density at radius 3 is 2.71 bits per heavy atom. The number of carbonyl (C=O) groups excluding carboxylic acids is 1. The molecule has 2 heterocycles. The third-order valence-electron chi connectivity index (χ3n) is 4.54. The van der Waals surface area contributed by atoms with Gasteiger partial charge in [-0.15, -0.1) is 11.3 Å². The number of hydrogen-bond donors (Lipinski definition) is 0. The summed E-state index contributed by atoms with van der Waals surface area (Å²) >= 11 is 1.61. The summed E-state index contributed by atoms with van der Waals surface area (Å²) in [6.45, 7) is 4.93. The van der Waals surface area contributed by atoms with E-state index in [0.717, 1.165) is 36.3 Å². The molecule has 0 unspecified atom stereocenters. The zero-order chi connectivity index (χ0) is 20.1. The second-order valence-corrected chi connectivity index (χ2v) is 7.71. The minimum Gasteiger partial charge on any atom is -0.483 e. The van der Waals surface area contributed by atoms with Crippen LogP contribution in [0.2, 0.25) is 0 Å². The molecule has 0 saturated carbocycles. The highest BCUT2D eigenvalue weighted by molar-refractivity contribution is 7.09. The van der Waals surface area contributed by atoms with Crippen LogP contribution in [-0.2, 0) is 17.5 Å². The normalized spacial score (nSPS) is 16.1. The van der Waals surface area contributed by atoms with Crippen molar-refractivity contribution in [2.45, 2.75) is 26.1 Å². The second-order valence-electron chi connectivity index (χ2n) is 6.65. The number of amides is 1.